The van der Waals surface area contributed by atoms with Crippen molar-refractivity contribution in [2.45, 2.75) is 38.6 Å². The van der Waals surface area contributed by atoms with Crippen molar-refractivity contribution in [3.63, 3.8) is 0 Å². The van der Waals surface area contributed by atoms with Gasteiger partial charge in [0.2, 0.25) is 11.9 Å². The Bertz CT molecular complexity index is 1270. The number of para-hydroxylation sites is 2. The summed E-state index contributed by atoms with van der Waals surface area (Å²) in [7, 11) is 0. The molecule has 32 heavy (non-hydrogen) atoms. The molecule has 1 N–H and O–H groups in total. The van der Waals surface area contributed by atoms with Crippen LogP contribution < -0.4 is 10.2 Å². The van der Waals surface area contributed by atoms with E-state index in [9.17, 15) is 0 Å². The van der Waals surface area contributed by atoms with E-state index in [1.807, 2.05) is 37.3 Å². The van der Waals surface area contributed by atoms with Gasteiger partial charge in [0.25, 0.3) is 0 Å². The molecule has 2 aliphatic rings. The van der Waals surface area contributed by atoms with Crippen LogP contribution in [0.25, 0.3) is 28.1 Å². The molecule has 2 saturated heterocycles. The molecule has 0 aliphatic carbocycles. The van der Waals surface area contributed by atoms with Crippen molar-refractivity contribution in [1.29, 1.82) is 0 Å². The number of aromatic nitrogens is 6. The van der Waals surface area contributed by atoms with Crippen LogP contribution >= 0.6 is 0 Å². The maximum atomic E-state index is 5.52. The van der Waals surface area contributed by atoms with Crippen LogP contribution in [-0.2, 0) is 4.74 Å². The molecule has 5 heterocycles. The van der Waals surface area contributed by atoms with Gasteiger partial charge in [-0.25, -0.2) is 9.97 Å². The molecule has 1 aromatic carbocycles. The molecule has 0 unspecified atom stereocenters. The molecule has 0 radical (unpaired) electrons. The molecule has 0 bridgehead atoms. The van der Waals surface area contributed by atoms with Gasteiger partial charge in [0.1, 0.15) is 11.4 Å². The minimum absolute atomic E-state index is 0.308. The van der Waals surface area contributed by atoms with Gasteiger partial charge >= 0.3 is 0 Å². The Morgan fingerprint density at radius 1 is 0.969 bits per heavy atom. The van der Waals surface area contributed by atoms with Crippen LogP contribution in [0.4, 0.5) is 11.9 Å². The maximum Gasteiger partial charge on any atom is 0.230 e. The largest absolute Gasteiger partial charge is 0.381 e. The highest BCUT2D eigenvalue weighted by atomic mass is 16.5. The lowest BCUT2D eigenvalue weighted by Crippen LogP contribution is -2.30. The second kappa shape index (κ2) is 7.98. The van der Waals surface area contributed by atoms with Crippen molar-refractivity contribution in [2.75, 3.05) is 36.5 Å². The summed E-state index contributed by atoms with van der Waals surface area (Å²) in [6, 6.07) is 10.2. The van der Waals surface area contributed by atoms with E-state index in [1.54, 1.807) is 4.52 Å². The van der Waals surface area contributed by atoms with Gasteiger partial charge in [-0.1, -0.05) is 12.1 Å². The molecule has 0 atom stereocenters. The van der Waals surface area contributed by atoms with Crippen molar-refractivity contribution in [3.05, 3.63) is 36.0 Å². The summed E-state index contributed by atoms with van der Waals surface area (Å²) in [5.74, 6) is 1.48. The van der Waals surface area contributed by atoms with Gasteiger partial charge < -0.3 is 15.0 Å². The molecule has 9 heteroatoms. The smallest absolute Gasteiger partial charge is 0.230 e. The predicted molar refractivity (Wildman–Crippen MR) is 123 cm³/mol. The zero-order chi connectivity index (χ0) is 21.5. The Labute approximate surface area is 185 Å². The Kier molecular flexibility index (Phi) is 4.83. The molecule has 6 rings (SSSR count). The first-order chi connectivity index (χ1) is 15.7. The minimum Gasteiger partial charge on any atom is -0.381 e. The summed E-state index contributed by atoms with van der Waals surface area (Å²) in [5.41, 5.74) is 4.88. The van der Waals surface area contributed by atoms with E-state index in [2.05, 4.69) is 10.2 Å². The summed E-state index contributed by atoms with van der Waals surface area (Å²) in [5, 5.41) is 8.46. The van der Waals surface area contributed by atoms with Crippen LogP contribution in [0.2, 0.25) is 0 Å². The number of hydrogen-bond donors (Lipinski definition) is 1. The molecular weight excluding hydrogens is 404 g/mol. The number of aryl methyl sites for hydroxylation is 1. The molecule has 0 spiro atoms. The zero-order valence-electron chi connectivity index (χ0n) is 18.2. The molecule has 2 fully saturated rings. The second-order valence-electron chi connectivity index (χ2n) is 8.52. The average molecular weight is 431 g/mol. The SMILES string of the molecule is Cc1nc2ccccc2nc1-c1cc2nc(N3CCCC3)nc(NC3CCOCC3)n2n1. The number of hydrogen-bond acceptors (Lipinski definition) is 8. The number of nitrogens with one attached hydrogen (secondary N) is 1. The Morgan fingerprint density at radius 2 is 1.72 bits per heavy atom. The van der Waals surface area contributed by atoms with Crippen molar-refractivity contribution in [1.82, 2.24) is 29.5 Å². The van der Waals surface area contributed by atoms with Crippen LogP contribution in [0.1, 0.15) is 31.4 Å². The van der Waals surface area contributed by atoms with E-state index < -0.39 is 0 Å². The lowest BCUT2D eigenvalue weighted by molar-refractivity contribution is 0.0902. The Balaban J connectivity index is 1.46. The summed E-state index contributed by atoms with van der Waals surface area (Å²) in [4.78, 5) is 21.6. The van der Waals surface area contributed by atoms with E-state index in [4.69, 9.17) is 29.8 Å². The molecule has 9 nitrogen and oxygen atoms in total. The van der Waals surface area contributed by atoms with Gasteiger partial charge in [0.15, 0.2) is 5.65 Å². The zero-order valence-corrected chi connectivity index (χ0v) is 18.2. The fraction of sp³-hybridized carbons (Fsp3) is 0.435. The summed E-state index contributed by atoms with van der Waals surface area (Å²) >= 11 is 0. The van der Waals surface area contributed by atoms with Crippen molar-refractivity contribution in [3.8, 4) is 11.4 Å². The molecule has 3 aromatic heterocycles. The highest BCUT2D eigenvalue weighted by molar-refractivity contribution is 5.78. The maximum absolute atomic E-state index is 5.52. The Hall–Kier alpha value is -3.33. The summed E-state index contributed by atoms with van der Waals surface area (Å²) in [6.45, 7) is 5.48. The van der Waals surface area contributed by atoms with E-state index >= 15 is 0 Å². The highest BCUT2D eigenvalue weighted by Gasteiger charge is 2.22. The van der Waals surface area contributed by atoms with Crippen LogP contribution in [0, 0.1) is 6.92 Å². The van der Waals surface area contributed by atoms with Crippen molar-refractivity contribution in [2.24, 2.45) is 0 Å². The van der Waals surface area contributed by atoms with Crippen LogP contribution in [0.5, 0.6) is 0 Å². The topological polar surface area (TPSA) is 93.4 Å². The highest BCUT2D eigenvalue weighted by Crippen LogP contribution is 2.26. The number of fused-ring (bicyclic) bond motifs is 2. The number of nitrogens with zero attached hydrogens (tertiary/aromatic N) is 7. The van der Waals surface area contributed by atoms with E-state index in [1.165, 1.54) is 12.8 Å². The van der Waals surface area contributed by atoms with Gasteiger partial charge in [-0.15, -0.1) is 0 Å². The first-order valence-corrected chi connectivity index (χ1v) is 11.4. The lowest BCUT2D eigenvalue weighted by atomic mass is 10.1. The van der Waals surface area contributed by atoms with E-state index in [0.29, 0.717) is 6.04 Å². The third-order valence-corrected chi connectivity index (χ3v) is 6.24. The summed E-state index contributed by atoms with van der Waals surface area (Å²) in [6.07, 6.45) is 4.25. The van der Waals surface area contributed by atoms with Gasteiger partial charge in [0, 0.05) is 38.4 Å². The third kappa shape index (κ3) is 3.52. The number of rotatable bonds is 4. The van der Waals surface area contributed by atoms with Crippen LogP contribution in [-0.4, -0.2) is 61.9 Å². The normalized spacial score (nSPS) is 17.5. The molecule has 4 aromatic rings. The first-order valence-electron chi connectivity index (χ1n) is 11.4. The van der Waals surface area contributed by atoms with Crippen LogP contribution in [0.3, 0.4) is 0 Å². The van der Waals surface area contributed by atoms with E-state index in [-0.39, 0.29) is 0 Å². The van der Waals surface area contributed by atoms with Crippen molar-refractivity contribution < 1.29 is 4.74 Å². The fourth-order valence-electron chi connectivity index (χ4n) is 4.50. The van der Waals surface area contributed by atoms with Gasteiger partial charge in [-0.05, 0) is 44.7 Å². The van der Waals surface area contributed by atoms with Crippen LogP contribution in [0.15, 0.2) is 30.3 Å². The molecule has 0 saturated carbocycles. The molecule has 164 valence electrons. The standard InChI is InChI=1S/C23H26N8O/c1-15-21(26-18-7-3-2-6-17(18)24-15)19-14-20-27-22(30-10-4-5-11-30)28-23(31(20)29-19)25-16-8-12-32-13-9-16/h2-3,6-7,14,16H,4-5,8-13H2,1H3,(H,25,27,28). The fourth-order valence-corrected chi connectivity index (χ4v) is 4.50. The van der Waals surface area contributed by atoms with Gasteiger partial charge in [-0.2, -0.15) is 19.6 Å². The molecule has 2 aliphatic heterocycles. The number of benzene rings is 1. The third-order valence-electron chi connectivity index (χ3n) is 6.24. The predicted octanol–water partition coefficient (Wildman–Crippen LogP) is 3.23. The monoisotopic (exact) mass is 430 g/mol. The Morgan fingerprint density at radius 3 is 2.50 bits per heavy atom. The van der Waals surface area contributed by atoms with Gasteiger partial charge in [0.05, 0.1) is 16.7 Å². The second-order valence-corrected chi connectivity index (χ2v) is 8.52. The van der Waals surface area contributed by atoms with Gasteiger partial charge in [-0.3, -0.25) is 0 Å². The number of anilines is 2. The average Bonchev–Trinajstić information content (AvgIpc) is 3.49. The minimum atomic E-state index is 0.308. The lowest BCUT2D eigenvalue weighted by Gasteiger charge is -2.24. The van der Waals surface area contributed by atoms with Crippen molar-refractivity contribution >= 4 is 28.6 Å². The first kappa shape index (κ1) is 19.4. The number of ether oxygens (including phenoxy) is 1. The molecule has 0 amide bonds. The quantitative estimate of drug-likeness (QED) is 0.527. The molecular formula is C23H26N8O. The van der Waals surface area contributed by atoms with E-state index in [0.717, 1.165) is 84.8 Å². The summed E-state index contributed by atoms with van der Waals surface area (Å²) < 4.78 is 7.33.